The van der Waals surface area contributed by atoms with E-state index in [2.05, 4.69) is 0 Å². The van der Waals surface area contributed by atoms with Crippen LogP contribution in [-0.2, 0) is 9.59 Å². The predicted octanol–water partition coefficient (Wildman–Crippen LogP) is -0.110. The Balaban J connectivity index is 2.17. The number of hydrogen-bond acceptors (Lipinski definition) is 4. The van der Waals surface area contributed by atoms with Gasteiger partial charge >= 0.3 is 0 Å². The summed E-state index contributed by atoms with van der Waals surface area (Å²) in [5.41, 5.74) is 6.12. The molecule has 6 nitrogen and oxygen atoms in total. The van der Waals surface area contributed by atoms with Crippen LogP contribution < -0.4 is 10.6 Å². The first kappa shape index (κ1) is 16.2. The maximum Gasteiger partial charge on any atom is 0.241 e. The number of likely N-dealkylation sites (N-methyl/N-ethyl adjacent to an activating group) is 1. The van der Waals surface area contributed by atoms with Gasteiger partial charge in [-0.2, -0.15) is 0 Å². The average Bonchev–Trinajstić information content (AvgIpc) is 2.47. The summed E-state index contributed by atoms with van der Waals surface area (Å²) in [5.74, 6) is -0.822. The van der Waals surface area contributed by atoms with Crippen molar-refractivity contribution in [1.82, 2.24) is 9.80 Å². The second-order valence-electron chi connectivity index (χ2n) is 5.61. The van der Waals surface area contributed by atoms with Gasteiger partial charge in [0.05, 0.1) is 6.54 Å². The van der Waals surface area contributed by atoms with Gasteiger partial charge in [0, 0.05) is 39.4 Å². The van der Waals surface area contributed by atoms with Gasteiger partial charge in [0.25, 0.3) is 0 Å². The molecule has 1 unspecified atom stereocenters. The molecule has 2 rings (SSSR count). The summed E-state index contributed by atoms with van der Waals surface area (Å²) < 4.78 is 13.0. The Labute approximate surface area is 129 Å². The van der Waals surface area contributed by atoms with E-state index in [1.807, 2.05) is 4.90 Å². The number of carbonyl (C=O) groups excluding carboxylic acids is 2. The van der Waals surface area contributed by atoms with E-state index in [-0.39, 0.29) is 18.3 Å². The molecular formula is C15H21FN4O2. The summed E-state index contributed by atoms with van der Waals surface area (Å²) in [6, 6.07) is 5.73. The molecule has 2 amide bonds. The van der Waals surface area contributed by atoms with Crippen LogP contribution >= 0.6 is 0 Å². The molecule has 1 fully saturated rings. The van der Waals surface area contributed by atoms with Gasteiger partial charge in [0.2, 0.25) is 11.8 Å². The molecule has 1 aliphatic heterocycles. The highest BCUT2D eigenvalue weighted by molar-refractivity contribution is 5.84. The van der Waals surface area contributed by atoms with E-state index < -0.39 is 11.9 Å². The van der Waals surface area contributed by atoms with Crippen LogP contribution in [0.1, 0.15) is 0 Å². The van der Waals surface area contributed by atoms with Gasteiger partial charge in [0.15, 0.2) is 0 Å². The maximum atomic E-state index is 13.0. The molecule has 120 valence electrons. The lowest BCUT2D eigenvalue weighted by Crippen LogP contribution is -2.60. The van der Waals surface area contributed by atoms with Crippen molar-refractivity contribution in [2.45, 2.75) is 6.04 Å². The fourth-order valence-corrected chi connectivity index (χ4v) is 2.63. The van der Waals surface area contributed by atoms with Gasteiger partial charge in [-0.25, -0.2) is 4.39 Å². The monoisotopic (exact) mass is 308 g/mol. The minimum Gasteiger partial charge on any atom is -0.369 e. The van der Waals surface area contributed by atoms with Crippen molar-refractivity contribution >= 4 is 17.5 Å². The summed E-state index contributed by atoms with van der Waals surface area (Å²) in [4.78, 5) is 28.9. The average molecular weight is 308 g/mol. The number of halogens is 1. The number of nitrogens with zero attached hydrogens (tertiary/aromatic N) is 3. The molecule has 0 bridgehead atoms. The van der Waals surface area contributed by atoms with E-state index in [9.17, 15) is 14.0 Å². The third-order valence-electron chi connectivity index (χ3n) is 3.77. The van der Waals surface area contributed by atoms with Crippen molar-refractivity contribution < 1.29 is 14.0 Å². The van der Waals surface area contributed by atoms with Crippen molar-refractivity contribution in [3.63, 3.8) is 0 Å². The van der Waals surface area contributed by atoms with Crippen molar-refractivity contribution in [2.24, 2.45) is 5.73 Å². The first-order chi connectivity index (χ1) is 10.4. The molecule has 1 aromatic carbocycles. The SMILES string of the molecule is CN(C)C(=O)C1CN(c2ccc(F)cc2)CCN1CC(N)=O. The fraction of sp³-hybridized carbons (Fsp3) is 0.467. The number of piperazine rings is 1. The van der Waals surface area contributed by atoms with Crippen molar-refractivity contribution in [2.75, 3.05) is 45.2 Å². The molecule has 22 heavy (non-hydrogen) atoms. The van der Waals surface area contributed by atoms with E-state index in [1.165, 1.54) is 17.0 Å². The number of nitrogens with two attached hydrogens (primary N) is 1. The molecular weight excluding hydrogens is 287 g/mol. The number of hydrogen-bond donors (Lipinski definition) is 1. The zero-order valence-corrected chi connectivity index (χ0v) is 12.8. The Morgan fingerprint density at radius 1 is 1.27 bits per heavy atom. The lowest BCUT2D eigenvalue weighted by atomic mass is 10.1. The maximum absolute atomic E-state index is 13.0. The Kier molecular flexibility index (Phi) is 4.97. The van der Waals surface area contributed by atoms with Gasteiger partial charge in [-0.1, -0.05) is 0 Å². The molecule has 1 aliphatic rings. The molecule has 0 aromatic heterocycles. The first-order valence-electron chi connectivity index (χ1n) is 7.12. The highest BCUT2D eigenvalue weighted by Crippen LogP contribution is 2.20. The topological polar surface area (TPSA) is 69.9 Å². The number of carbonyl (C=O) groups is 2. The highest BCUT2D eigenvalue weighted by atomic mass is 19.1. The summed E-state index contributed by atoms with van der Waals surface area (Å²) in [5, 5.41) is 0. The van der Waals surface area contributed by atoms with Gasteiger partial charge in [-0.05, 0) is 24.3 Å². The van der Waals surface area contributed by atoms with Crippen LogP contribution in [0.15, 0.2) is 24.3 Å². The first-order valence-corrected chi connectivity index (χ1v) is 7.12. The normalized spacial score (nSPS) is 19.0. The third kappa shape index (κ3) is 3.73. The molecule has 1 saturated heterocycles. The fourth-order valence-electron chi connectivity index (χ4n) is 2.63. The van der Waals surface area contributed by atoms with Crippen molar-refractivity contribution in [3.8, 4) is 0 Å². The van der Waals surface area contributed by atoms with Crippen LogP contribution in [0.5, 0.6) is 0 Å². The number of anilines is 1. The third-order valence-corrected chi connectivity index (χ3v) is 3.77. The lowest BCUT2D eigenvalue weighted by Gasteiger charge is -2.41. The Morgan fingerprint density at radius 3 is 2.45 bits per heavy atom. The number of primary amides is 1. The summed E-state index contributed by atoms with van der Waals surface area (Å²) >= 11 is 0. The highest BCUT2D eigenvalue weighted by Gasteiger charge is 2.34. The van der Waals surface area contributed by atoms with Gasteiger partial charge in [-0.3, -0.25) is 14.5 Å². The van der Waals surface area contributed by atoms with Crippen molar-refractivity contribution in [3.05, 3.63) is 30.1 Å². The van der Waals surface area contributed by atoms with Crippen LogP contribution in [0, 0.1) is 5.82 Å². The molecule has 2 N–H and O–H groups in total. The summed E-state index contributed by atoms with van der Waals surface area (Å²) in [7, 11) is 3.36. The zero-order chi connectivity index (χ0) is 16.3. The second-order valence-corrected chi connectivity index (χ2v) is 5.61. The smallest absolute Gasteiger partial charge is 0.241 e. The summed E-state index contributed by atoms with van der Waals surface area (Å²) in [6.45, 7) is 1.69. The molecule has 0 saturated carbocycles. The largest absolute Gasteiger partial charge is 0.369 e. The molecule has 1 heterocycles. The number of amides is 2. The van der Waals surface area contributed by atoms with Crippen LogP contribution in [0.3, 0.4) is 0 Å². The summed E-state index contributed by atoms with van der Waals surface area (Å²) in [6.07, 6.45) is 0. The van der Waals surface area contributed by atoms with Crippen LogP contribution in [0.4, 0.5) is 10.1 Å². The van der Waals surface area contributed by atoms with E-state index in [0.29, 0.717) is 19.6 Å². The quantitative estimate of drug-likeness (QED) is 0.842. The Morgan fingerprint density at radius 2 is 1.91 bits per heavy atom. The minimum atomic E-state index is -0.452. The Bertz CT molecular complexity index is 547. The van der Waals surface area contributed by atoms with E-state index in [1.54, 1.807) is 31.1 Å². The molecule has 0 radical (unpaired) electrons. The predicted molar refractivity (Wildman–Crippen MR) is 81.9 cm³/mol. The van der Waals surface area contributed by atoms with Gasteiger partial charge < -0.3 is 15.5 Å². The van der Waals surface area contributed by atoms with Gasteiger partial charge in [-0.15, -0.1) is 0 Å². The van der Waals surface area contributed by atoms with Crippen molar-refractivity contribution in [1.29, 1.82) is 0 Å². The molecule has 0 spiro atoms. The van der Waals surface area contributed by atoms with E-state index in [0.717, 1.165) is 5.69 Å². The van der Waals surface area contributed by atoms with Crippen LogP contribution in [-0.4, -0.2) is 67.9 Å². The second kappa shape index (κ2) is 6.74. The van der Waals surface area contributed by atoms with Crippen LogP contribution in [0.25, 0.3) is 0 Å². The van der Waals surface area contributed by atoms with Gasteiger partial charge in [0.1, 0.15) is 11.9 Å². The lowest BCUT2D eigenvalue weighted by molar-refractivity contribution is -0.135. The molecule has 1 aromatic rings. The van der Waals surface area contributed by atoms with E-state index in [4.69, 9.17) is 5.73 Å². The standard InChI is InChI=1S/C15H21FN4O2/c1-18(2)15(22)13-9-19(7-8-20(13)10-14(17)21)12-5-3-11(16)4-6-12/h3-6,13H,7-10H2,1-2H3,(H2,17,21). The number of rotatable bonds is 4. The number of benzene rings is 1. The Hall–Kier alpha value is -2.15. The van der Waals surface area contributed by atoms with Crippen LogP contribution in [0.2, 0.25) is 0 Å². The molecule has 0 aliphatic carbocycles. The molecule has 1 atom stereocenters. The molecule has 7 heteroatoms. The zero-order valence-electron chi connectivity index (χ0n) is 12.8. The van der Waals surface area contributed by atoms with E-state index >= 15 is 0 Å². The minimum absolute atomic E-state index is 0.0570.